The molecule has 18 heavy (non-hydrogen) atoms. The van der Waals surface area contributed by atoms with Crippen LogP contribution in [-0.2, 0) is 6.54 Å². The van der Waals surface area contributed by atoms with Crippen LogP contribution >= 0.6 is 0 Å². The summed E-state index contributed by atoms with van der Waals surface area (Å²) in [4.78, 5) is 0. The molecular weight excluding hydrogens is 220 g/mol. The number of nitrogens with one attached hydrogen (secondary N) is 1. The van der Waals surface area contributed by atoms with Crippen molar-refractivity contribution in [2.24, 2.45) is 0 Å². The minimum absolute atomic E-state index is 1.06. The molecule has 1 N–H and O–H groups in total. The topological polar surface area (TPSA) is 17.0 Å². The lowest BCUT2D eigenvalue weighted by Crippen LogP contribution is -2.21. The van der Waals surface area contributed by atoms with Crippen molar-refractivity contribution in [2.45, 2.75) is 39.7 Å². The van der Waals surface area contributed by atoms with E-state index < -0.39 is 0 Å². The molecular formula is C16H24N2. The maximum Gasteiger partial charge on any atom is 0.0482 e. The first-order valence-corrected chi connectivity index (χ1v) is 7.08. The molecule has 2 rings (SSSR count). The van der Waals surface area contributed by atoms with Crippen LogP contribution in [0.4, 0.5) is 0 Å². The summed E-state index contributed by atoms with van der Waals surface area (Å²) in [7, 11) is 0. The second-order valence-corrected chi connectivity index (χ2v) is 4.95. The monoisotopic (exact) mass is 244 g/mol. The van der Waals surface area contributed by atoms with Crippen molar-refractivity contribution < 1.29 is 0 Å². The Labute approximate surface area is 110 Å². The number of aromatic nitrogens is 1. The average molecular weight is 244 g/mol. The van der Waals surface area contributed by atoms with Crippen molar-refractivity contribution in [2.75, 3.05) is 13.1 Å². The smallest absolute Gasteiger partial charge is 0.0482 e. The number of hydrogen-bond donors (Lipinski definition) is 1. The molecule has 0 atom stereocenters. The lowest BCUT2D eigenvalue weighted by atomic mass is 10.2. The third kappa shape index (κ3) is 3.14. The number of aryl methyl sites for hydroxylation is 1. The van der Waals surface area contributed by atoms with Gasteiger partial charge in [0.25, 0.3) is 0 Å². The molecule has 0 amide bonds. The van der Waals surface area contributed by atoms with Gasteiger partial charge in [0.05, 0.1) is 0 Å². The van der Waals surface area contributed by atoms with Gasteiger partial charge in [-0.15, -0.1) is 0 Å². The Morgan fingerprint density at radius 3 is 2.78 bits per heavy atom. The van der Waals surface area contributed by atoms with Crippen LogP contribution in [0.3, 0.4) is 0 Å². The van der Waals surface area contributed by atoms with Gasteiger partial charge in [0.2, 0.25) is 0 Å². The molecule has 0 spiro atoms. The van der Waals surface area contributed by atoms with Crippen LogP contribution in [-0.4, -0.2) is 17.7 Å². The minimum Gasteiger partial charge on any atom is -0.344 e. The average Bonchev–Trinajstić information content (AvgIpc) is 2.70. The quantitative estimate of drug-likeness (QED) is 0.734. The van der Waals surface area contributed by atoms with Crippen molar-refractivity contribution in [3.63, 3.8) is 0 Å². The summed E-state index contributed by atoms with van der Waals surface area (Å²) < 4.78 is 2.40. The Balaban J connectivity index is 1.89. The molecule has 0 saturated carbocycles. The predicted molar refractivity (Wildman–Crippen MR) is 79.1 cm³/mol. The highest BCUT2D eigenvalue weighted by atomic mass is 15.0. The minimum atomic E-state index is 1.06. The molecule has 2 aromatic rings. The second-order valence-electron chi connectivity index (χ2n) is 4.95. The third-order valence-corrected chi connectivity index (χ3v) is 3.49. The first-order valence-electron chi connectivity index (χ1n) is 7.08. The Hall–Kier alpha value is -1.28. The fourth-order valence-corrected chi connectivity index (χ4v) is 2.46. The number of rotatable bonds is 7. The third-order valence-electron chi connectivity index (χ3n) is 3.49. The van der Waals surface area contributed by atoms with Gasteiger partial charge in [0, 0.05) is 24.3 Å². The predicted octanol–water partition coefficient (Wildman–Crippen LogP) is 3.73. The van der Waals surface area contributed by atoms with Gasteiger partial charge in [-0.25, -0.2) is 0 Å². The normalized spacial score (nSPS) is 11.2. The molecule has 0 fully saturated rings. The molecule has 0 unspecified atom stereocenters. The lowest BCUT2D eigenvalue weighted by Gasteiger charge is -2.09. The Kier molecular flexibility index (Phi) is 4.82. The number of unbranched alkanes of at least 4 members (excludes halogenated alkanes) is 2. The summed E-state index contributed by atoms with van der Waals surface area (Å²) >= 11 is 0. The first-order chi connectivity index (χ1) is 8.83. The second kappa shape index (κ2) is 6.60. The van der Waals surface area contributed by atoms with Gasteiger partial charge in [0.1, 0.15) is 0 Å². The standard InChI is InChI=1S/C16H24N2/c1-3-4-7-10-17-11-12-18-14(2)13-15-8-5-6-9-16(15)18/h5-6,8-9,13,17H,3-4,7,10-12H2,1-2H3. The number of para-hydroxylation sites is 1. The van der Waals surface area contributed by atoms with E-state index in [-0.39, 0.29) is 0 Å². The van der Waals surface area contributed by atoms with Crippen LogP contribution in [0.25, 0.3) is 10.9 Å². The number of hydrogen-bond acceptors (Lipinski definition) is 1. The summed E-state index contributed by atoms with van der Waals surface area (Å²) in [5, 5.41) is 4.88. The maximum absolute atomic E-state index is 3.53. The van der Waals surface area contributed by atoms with Gasteiger partial charge in [0.15, 0.2) is 0 Å². The van der Waals surface area contributed by atoms with Crippen LogP contribution in [0.1, 0.15) is 31.9 Å². The van der Waals surface area contributed by atoms with Crippen molar-refractivity contribution in [3.8, 4) is 0 Å². The van der Waals surface area contributed by atoms with Gasteiger partial charge in [-0.2, -0.15) is 0 Å². The van der Waals surface area contributed by atoms with E-state index in [1.165, 1.54) is 35.9 Å². The molecule has 0 aliphatic heterocycles. The molecule has 2 nitrogen and oxygen atoms in total. The molecule has 1 heterocycles. The van der Waals surface area contributed by atoms with E-state index in [1.807, 2.05) is 0 Å². The lowest BCUT2D eigenvalue weighted by molar-refractivity contribution is 0.572. The van der Waals surface area contributed by atoms with Crippen molar-refractivity contribution in [1.29, 1.82) is 0 Å². The molecule has 0 radical (unpaired) electrons. The fourth-order valence-electron chi connectivity index (χ4n) is 2.46. The molecule has 0 aliphatic carbocycles. The van der Waals surface area contributed by atoms with Gasteiger partial charge >= 0.3 is 0 Å². The zero-order valence-electron chi connectivity index (χ0n) is 11.6. The molecule has 0 aliphatic rings. The Bertz CT molecular complexity index is 485. The van der Waals surface area contributed by atoms with E-state index >= 15 is 0 Å². The molecule has 1 aromatic heterocycles. The summed E-state index contributed by atoms with van der Waals surface area (Å²) in [5.41, 5.74) is 2.71. The maximum atomic E-state index is 3.53. The van der Waals surface area contributed by atoms with E-state index in [1.54, 1.807) is 0 Å². The van der Waals surface area contributed by atoms with Gasteiger partial charge in [-0.3, -0.25) is 0 Å². The molecule has 2 heteroatoms. The zero-order valence-corrected chi connectivity index (χ0v) is 11.6. The Morgan fingerprint density at radius 1 is 1.11 bits per heavy atom. The number of nitrogens with zero attached hydrogens (tertiary/aromatic N) is 1. The summed E-state index contributed by atoms with van der Waals surface area (Å²) in [5.74, 6) is 0. The largest absolute Gasteiger partial charge is 0.344 e. The van der Waals surface area contributed by atoms with Gasteiger partial charge < -0.3 is 9.88 Å². The number of fused-ring (bicyclic) bond motifs is 1. The van der Waals surface area contributed by atoms with Crippen molar-refractivity contribution in [3.05, 3.63) is 36.0 Å². The summed E-state index contributed by atoms with van der Waals surface area (Å²) in [6.45, 7) is 7.70. The summed E-state index contributed by atoms with van der Waals surface area (Å²) in [6, 6.07) is 10.9. The van der Waals surface area contributed by atoms with Crippen LogP contribution in [0.15, 0.2) is 30.3 Å². The van der Waals surface area contributed by atoms with Crippen LogP contribution in [0.5, 0.6) is 0 Å². The van der Waals surface area contributed by atoms with Crippen LogP contribution < -0.4 is 5.32 Å². The van der Waals surface area contributed by atoms with E-state index in [2.05, 4.69) is 54.1 Å². The molecule has 0 saturated heterocycles. The van der Waals surface area contributed by atoms with E-state index in [9.17, 15) is 0 Å². The van der Waals surface area contributed by atoms with Crippen molar-refractivity contribution in [1.82, 2.24) is 9.88 Å². The number of benzene rings is 1. The molecule has 0 bridgehead atoms. The van der Waals surface area contributed by atoms with Crippen LogP contribution in [0.2, 0.25) is 0 Å². The van der Waals surface area contributed by atoms with Gasteiger partial charge in [-0.05, 0) is 37.4 Å². The summed E-state index contributed by atoms with van der Waals surface area (Å²) in [6.07, 6.45) is 3.92. The highest BCUT2D eigenvalue weighted by Gasteiger charge is 2.03. The van der Waals surface area contributed by atoms with Crippen molar-refractivity contribution >= 4 is 10.9 Å². The SMILES string of the molecule is CCCCCNCCn1c(C)cc2ccccc21. The fraction of sp³-hybridized carbons (Fsp3) is 0.500. The highest BCUT2D eigenvalue weighted by Crippen LogP contribution is 2.18. The molecule has 98 valence electrons. The van der Waals surface area contributed by atoms with Gasteiger partial charge in [-0.1, -0.05) is 38.0 Å². The molecule has 1 aromatic carbocycles. The van der Waals surface area contributed by atoms with E-state index in [0.717, 1.165) is 19.6 Å². The van der Waals surface area contributed by atoms with E-state index in [0.29, 0.717) is 0 Å². The Morgan fingerprint density at radius 2 is 1.94 bits per heavy atom. The van der Waals surface area contributed by atoms with E-state index in [4.69, 9.17) is 0 Å². The highest BCUT2D eigenvalue weighted by molar-refractivity contribution is 5.81. The first kappa shape index (κ1) is 13.2. The zero-order chi connectivity index (χ0) is 12.8. The van der Waals surface area contributed by atoms with Crippen LogP contribution in [0, 0.1) is 6.92 Å².